The Kier molecular flexibility index (Phi) is 24.0. The van der Waals surface area contributed by atoms with Gasteiger partial charge in [0.2, 0.25) is 12.4 Å². The third-order valence-corrected chi connectivity index (χ3v) is 14.5. The highest BCUT2D eigenvalue weighted by Crippen LogP contribution is 2.36. The number of alkyl halides is 6. The summed E-state index contributed by atoms with van der Waals surface area (Å²) in [7, 11) is -9.11. The molecule has 0 spiro atoms. The first kappa shape index (κ1) is 67.2. The molecule has 0 amide bonds. The van der Waals surface area contributed by atoms with Crippen molar-refractivity contribution in [1.29, 1.82) is 0 Å². The lowest BCUT2D eigenvalue weighted by Crippen LogP contribution is -2.21. The Balaban J connectivity index is 0.000000301. The van der Waals surface area contributed by atoms with E-state index in [1.54, 1.807) is 24.5 Å². The molecule has 0 unspecified atom stereocenters. The summed E-state index contributed by atoms with van der Waals surface area (Å²) < 4.78 is 137. The van der Waals surface area contributed by atoms with Crippen LogP contribution in [0.3, 0.4) is 0 Å². The van der Waals surface area contributed by atoms with Gasteiger partial charge in [0, 0.05) is 59.1 Å². The maximum Gasteiger partial charge on any atom is 0.416 e. The number of hydrogen-bond acceptors (Lipinski definition) is 15. The van der Waals surface area contributed by atoms with Crippen LogP contribution in [0, 0.1) is 13.8 Å². The molecule has 0 aliphatic rings. The Morgan fingerprint density at radius 2 is 1.07 bits per heavy atom. The quantitative estimate of drug-likeness (QED) is 0.0260. The lowest BCUT2D eigenvalue weighted by molar-refractivity contribution is -0.191. The van der Waals surface area contributed by atoms with Crippen molar-refractivity contribution in [2.45, 2.75) is 70.6 Å². The fraction of sp³-hybridized carbons (Fsp3) is 0.245. The van der Waals surface area contributed by atoms with Crippen molar-refractivity contribution in [2.75, 3.05) is 35.7 Å². The number of carboxylic acid groups (broad SMARTS) is 1. The average Bonchev–Trinajstić information content (AvgIpc) is 4.29. The van der Waals surface area contributed by atoms with Gasteiger partial charge in [-0.2, -0.15) is 35.9 Å². The van der Waals surface area contributed by atoms with Gasteiger partial charge >= 0.3 is 24.5 Å². The van der Waals surface area contributed by atoms with E-state index in [0.29, 0.717) is 39.8 Å². The Labute approximate surface area is 481 Å². The molecule has 83 heavy (non-hydrogen) atoms. The van der Waals surface area contributed by atoms with E-state index in [1.807, 2.05) is 13.8 Å². The number of H-pyrrole nitrogens is 2. The van der Waals surface area contributed by atoms with Gasteiger partial charge in [0.15, 0.2) is 0 Å². The number of anilines is 2. The predicted molar refractivity (Wildman–Crippen MR) is 297 cm³/mol. The number of carbonyl (C=O) groups is 2. The van der Waals surface area contributed by atoms with Crippen molar-refractivity contribution in [2.24, 2.45) is 5.16 Å². The van der Waals surface area contributed by atoms with Crippen molar-refractivity contribution >= 4 is 100 Å². The molecular weight excluding hydrogens is 1190 g/mol. The lowest BCUT2D eigenvalue weighted by atomic mass is 10.0. The van der Waals surface area contributed by atoms with E-state index in [2.05, 4.69) is 70.2 Å². The molecule has 2 aromatic carbocycles. The van der Waals surface area contributed by atoms with Crippen LogP contribution in [-0.2, 0) is 51.6 Å². The number of pyridine rings is 4. The van der Waals surface area contributed by atoms with Gasteiger partial charge in [-0.3, -0.25) is 19.2 Å². The molecular formula is C53H52Cl2F6N10O10S2. The average molecular weight is 1240 g/mol. The van der Waals surface area contributed by atoms with E-state index in [1.165, 1.54) is 70.3 Å². The second kappa shape index (κ2) is 29.6. The summed E-state index contributed by atoms with van der Waals surface area (Å²) in [5.41, 5.74) is -2.09. The second-order valence-corrected chi connectivity index (χ2v) is 20.8. The number of sulfonamides is 2. The molecule has 20 nitrogen and oxygen atoms in total. The molecule has 0 radical (unpaired) electrons. The molecule has 0 saturated heterocycles. The first-order chi connectivity index (χ1) is 39.1. The molecule has 5 N–H and O–H groups in total. The van der Waals surface area contributed by atoms with Crippen LogP contribution < -0.4 is 9.44 Å². The van der Waals surface area contributed by atoms with Gasteiger partial charge in [0.25, 0.3) is 20.0 Å². The summed E-state index contributed by atoms with van der Waals surface area (Å²) in [6.45, 7) is 15.7. The highest BCUT2D eigenvalue weighted by atomic mass is 35.5. The number of aromatic amines is 2. The SMILES string of the molecule is CC.CCN(CC)CC.Cc1ccc(S(=O)(=O)Nc2cc(Cl)cnc2C(=NOCC(=O)O)c2ccnc3[nH]ccc23)cc1C(F)(F)F.Cc1ccc(S(=O)(=O)Nc2cc(Cl)cnc2C(=O)c2ccnc3[nH]ccc23)cc1C(F)(F)F.O=C=O. The van der Waals surface area contributed by atoms with Gasteiger partial charge in [0.1, 0.15) is 28.4 Å². The number of oxime groups is 1. The molecule has 6 heterocycles. The summed E-state index contributed by atoms with van der Waals surface area (Å²) in [5, 5.41) is 13.9. The van der Waals surface area contributed by atoms with E-state index in [-0.39, 0.29) is 61.4 Å². The van der Waals surface area contributed by atoms with Crippen molar-refractivity contribution in [3.8, 4) is 0 Å². The van der Waals surface area contributed by atoms with Crippen LogP contribution in [0.1, 0.15) is 84.2 Å². The van der Waals surface area contributed by atoms with E-state index >= 15 is 0 Å². The predicted octanol–water partition coefficient (Wildman–Crippen LogP) is 11.4. The number of rotatable bonds is 16. The van der Waals surface area contributed by atoms with Gasteiger partial charge in [-0.1, -0.05) is 75.1 Å². The summed E-state index contributed by atoms with van der Waals surface area (Å²) >= 11 is 12.0. The highest BCUT2D eigenvalue weighted by Gasteiger charge is 2.35. The van der Waals surface area contributed by atoms with Gasteiger partial charge in [0.05, 0.1) is 42.3 Å². The highest BCUT2D eigenvalue weighted by molar-refractivity contribution is 7.93. The maximum absolute atomic E-state index is 13.4. The number of ketones is 1. The van der Waals surface area contributed by atoms with Crippen LogP contribution >= 0.6 is 23.2 Å². The van der Waals surface area contributed by atoms with Crippen molar-refractivity contribution in [1.82, 2.24) is 34.8 Å². The lowest BCUT2D eigenvalue weighted by Gasteiger charge is -2.16. The third-order valence-electron chi connectivity index (χ3n) is 11.4. The number of benzene rings is 2. The number of aryl methyl sites for hydroxylation is 2. The third kappa shape index (κ3) is 17.9. The van der Waals surface area contributed by atoms with Gasteiger partial charge in [-0.05, 0) is 105 Å². The monoisotopic (exact) mass is 1240 g/mol. The smallest absolute Gasteiger partial charge is 0.416 e. The zero-order chi connectivity index (χ0) is 62.0. The first-order valence-corrected chi connectivity index (χ1v) is 28.1. The molecule has 6 aromatic heterocycles. The zero-order valence-electron chi connectivity index (χ0n) is 44.9. The minimum Gasteiger partial charge on any atom is -0.479 e. The Morgan fingerprint density at radius 3 is 1.48 bits per heavy atom. The normalized spacial score (nSPS) is 11.6. The standard InChI is InChI=1S/C23H17ClF3N5O5S.C21H14ClF3N4O3S.C6H15N.C2H6.CO2/c1-12-2-3-14(9-17(12)23(25,26)27)38(35,36)32-18-8-13(24)10-30-21(18)20(31-37-11-19(33)34)15-4-6-28-22-16(15)5-7-29-22;1-11-2-3-13(9-16(11)21(23,24)25)33(31,32)29-17-8-12(22)10-28-18(17)19(30)14-4-6-26-20-15(14)5-7-27-20;1-4-7(5-2)6-3;1-2;2-1-3/h2-10,32H,11H2,1H3,(H,28,29)(H,33,34);2-10,29H,1H3,(H,26,27);4-6H2,1-3H3;1-2H3;. The van der Waals surface area contributed by atoms with Gasteiger partial charge in [-0.15, -0.1) is 0 Å². The molecule has 0 saturated carbocycles. The molecule has 30 heteroatoms. The molecule has 0 aliphatic heterocycles. The molecule has 8 aromatic rings. The fourth-order valence-corrected chi connectivity index (χ4v) is 9.94. The van der Waals surface area contributed by atoms with E-state index < -0.39 is 71.7 Å². The molecule has 442 valence electrons. The summed E-state index contributed by atoms with van der Waals surface area (Å²) in [6, 6.07) is 13.8. The minimum absolute atomic E-state index is 0.00124. The van der Waals surface area contributed by atoms with Crippen LogP contribution in [0.15, 0.2) is 125 Å². The van der Waals surface area contributed by atoms with E-state index in [9.17, 15) is 52.8 Å². The number of carbonyl (C=O) groups excluding carboxylic acids is 3. The molecule has 8 rings (SSSR count). The summed E-state index contributed by atoms with van der Waals surface area (Å²) in [6.07, 6.45) is -0.919. The van der Waals surface area contributed by atoms with E-state index in [0.717, 1.165) is 36.5 Å². The largest absolute Gasteiger partial charge is 0.479 e. The van der Waals surface area contributed by atoms with Crippen LogP contribution in [0.2, 0.25) is 10.0 Å². The van der Waals surface area contributed by atoms with Crippen LogP contribution in [-0.4, -0.2) is 107 Å². The number of hydrogen-bond donors (Lipinski definition) is 5. The first-order valence-electron chi connectivity index (χ1n) is 24.4. The number of aromatic nitrogens is 6. The van der Waals surface area contributed by atoms with Gasteiger partial charge in [-0.25, -0.2) is 36.6 Å². The Bertz CT molecular complexity index is 3870. The van der Waals surface area contributed by atoms with E-state index in [4.69, 9.17) is 42.7 Å². The topological polar surface area (TPSA) is 289 Å². The molecule has 0 aliphatic carbocycles. The Hall–Kier alpha value is -8.27. The van der Waals surface area contributed by atoms with Crippen molar-refractivity contribution < 1.29 is 72.3 Å². The van der Waals surface area contributed by atoms with Crippen LogP contribution in [0.25, 0.3) is 22.1 Å². The van der Waals surface area contributed by atoms with Crippen molar-refractivity contribution in [3.05, 3.63) is 165 Å². The number of carboxylic acids is 1. The van der Waals surface area contributed by atoms with Crippen LogP contribution in [0.4, 0.5) is 37.7 Å². The number of nitrogens with one attached hydrogen (secondary N) is 4. The fourth-order valence-electron chi connectivity index (χ4n) is 7.46. The van der Waals surface area contributed by atoms with Gasteiger partial charge < -0.3 is 24.8 Å². The maximum atomic E-state index is 13.4. The van der Waals surface area contributed by atoms with Crippen molar-refractivity contribution in [3.63, 3.8) is 0 Å². The number of fused-ring (bicyclic) bond motifs is 2. The number of aliphatic carboxylic acids is 1. The molecule has 0 bridgehead atoms. The van der Waals surface area contributed by atoms with Crippen LogP contribution in [0.5, 0.6) is 0 Å². The number of nitrogens with zero attached hydrogens (tertiary/aromatic N) is 6. The second-order valence-electron chi connectivity index (χ2n) is 16.6. The summed E-state index contributed by atoms with van der Waals surface area (Å²) in [5.74, 6) is -1.95. The molecule has 0 atom stereocenters. The minimum atomic E-state index is -4.77. The zero-order valence-corrected chi connectivity index (χ0v) is 48.0. The number of halogens is 8. The summed E-state index contributed by atoms with van der Waals surface area (Å²) in [4.78, 5) is 68.7. The molecule has 0 fully saturated rings. The Morgan fingerprint density at radius 1 is 0.663 bits per heavy atom.